The fourth-order valence-electron chi connectivity index (χ4n) is 1.15. The van der Waals surface area contributed by atoms with Gasteiger partial charge in [-0.1, -0.05) is 0 Å². The Labute approximate surface area is 84.6 Å². The summed E-state index contributed by atoms with van der Waals surface area (Å²) in [6.45, 7) is 3.17. The van der Waals surface area contributed by atoms with E-state index in [0.717, 1.165) is 17.1 Å². The highest BCUT2D eigenvalue weighted by Gasteiger charge is 2.00. The maximum atomic E-state index is 5.50. The van der Waals surface area contributed by atoms with Gasteiger partial charge in [0.2, 0.25) is 0 Å². The molecule has 1 aromatic rings. The molecule has 3 nitrogen and oxygen atoms in total. The van der Waals surface area contributed by atoms with E-state index in [1.165, 1.54) is 0 Å². The minimum atomic E-state index is 0.573. The Morgan fingerprint density at radius 1 is 1.14 bits per heavy atom. The van der Waals surface area contributed by atoms with Crippen LogP contribution in [-0.4, -0.2) is 27.4 Å². The first-order chi connectivity index (χ1) is 6.77. The molecule has 0 unspecified atom stereocenters. The SMILES string of the molecule is COCCOc1ccc(OC)cc1C. The summed E-state index contributed by atoms with van der Waals surface area (Å²) >= 11 is 0. The van der Waals surface area contributed by atoms with Crippen LogP contribution in [0.4, 0.5) is 0 Å². The van der Waals surface area contributed by atoms with Crippen molar-refractivity contribution in [1.82, 2.24) is 0 Å². The van der Waals surface area contributed by atoms with Gasteiger partial charge < -0.3 is 14.2 Å². The quantitative estimate of drug-likeness (QED) is 0.674. The van der Waals surface area contributed by atoms with Gasteiger partial charge in [-0.15, -0.1) is 0 Å². The fraction of sp³-hybridized carbons (Fsp3) is 0.455. The number of rotatable bonds is 5. The number of hydrogen-bond donors (Lipinski definition) is 0. The maximum absolute atomic E-state index is 5.50. The highest BCUT2D eigenvalue weighted by molar-refractivity contribution is 5.39. The normalized spacial score (nSPS) is 9.93. The first-order valence-corrected chi connectivity index (χ1v) is 4.54. The maximum Gasteiger partial charge on any atom is 0.122 e. The molecule has 0 saturated carbocycles. The molecule has 78 valence electrons. The second-order valence-electron chi connectivity index (χ2n) is 2.97. The zero-order valence-corrected chi connectivity index (χ0v) is 8.87. The van der Waals surface area contributed by atoms with Crippen LogP contribution in [0.3, 0.4) is 0 Å². The number of aryl methyl sites for hydroxylation is 1. The lowest BCUT2D eigenvalue weighted by Gasteiger charge is -2.09. The molecule has 0 heterocycles. The van der Waals surface area contributed by atoms with Gasteiger partial charge in [-0.25, -0.2) is 0 Å². The average molecular weight is 196 g/mol. The van der Waals surface area contributed by atoms with E-state index in [-0.39, 0.29) is 0 Å². The summed E-state index contributed by atoms with van der Waals surface area (Å²) in [5, 5.41) is 0. The van der Waals surface area contributed by atoms with Gasteiger partial charge in [-0.3, -0.25) is 0 Å². The van der Waals surface area contributed by atoms with Crippen molar-refractivity contribution in [1.29, 1.82) is 0 Å². The van der Waals surface area contributed by atoms with Crippen molar-refractivity contribution in [2.75, 3.05) is 27.4 Å². The van der Waals surface area contributed by atoms with Crippen LogP contribution in [0.2, 0.25) is 0 Å². The van der Waals surface area contributed by atoms with Crippen LogP contribution in [0.25, 0.3) is 0 Å². The van der Waals surface area contributed by atoms with Crippen molar-refractivity contribution in [2.24, 2.45) is 0 Å². The molecular weight excluding hydrogens is 180 g/mol. The zero-order chi connectivity index (χ0) is 10.4. The number of ether oxygens (including phenoxy) is 3. The second kappa shape index (κ2) is 5.50. The van der Waals surface area contributed by atoms with E-state index in [9.17, 15) is 0 Å². The van der Waals surface area contributed by atoms with Crippen LogP contribution >= 0.6 is 0 Å². The Bertz CT molecular complexity index is 284. The lowest BCUT2D eigenvalue weighted by Crippen LogP contribution is -2.05. The summed E-state index contributed by atoms with van der Waals surface area (Å²) in [4.78, 5) is 0. The van der Waals surface area contributed by atoms with Gasteiger partial charge in [0.25, 0.3) is 0 Å². The number of benzene rings is 1. The Kier molecular flexibility index (Phi) is 4.26. The smallest absolute Gasteiger partial charge is 0.122 e. The van der Waals surface area contributed by atoms with Crippen molar-refractivity contribution in [3.05, 3.63) is 23.8 Å². The van der Waals surface area contributed by atoms with Gasteiger partial charge in [0.05, 0.1) is 13.7 Å². The summed E-state index contributed by atoms with van der Waals surface area (Å²) in [6, 6.07) is 5.74. The summed E-state index contributed by atoms with van der Waals surface area (Å²) in [5.41, 5.74) is 1.07. The molecule has 14 heavy (non-hydrogen) atoms. The van der Waals surface area contributed by atoms with Crippen LogP contribution < -0.4 is 9.47 Å². The topological polar surface area (TPSA) is 27.7 Å². The molecule has 0 atom stereocenters. The zero-order valence-electron chi connectivity index (χ0n) is 8.87. The van der Waals surface area contributed by atoms with Gasteiger partial charge in [-0.2, -0.15) is 0 Å². The molecule has 1 aromatic carbocycles. The lowest BCUT2D eigenvalue weighted by molar-refractivity contribution is 0.146. The minimum absolute atomic E-state index is 0.573. The van der Waals surface area contributed by atoms with Crippen LogP contribution in [0.5, 0.6) is 11.5 Å². The van der Waals surface area contributed by atoms with Crippen molar-refractivity contribution in [3.8, 4) is 11.5 Å². The van der Waals surface area contributed by atoms with E-state index < -0.39 is 0 Å². The van der Waals surface area contributed by atoms with Crippen molar-refractivity contribution < 1.29 is 14.2 Å². The van der Waals surface area contributed by atoms with Gasteiger partial charge in [-0.05, 0) is 30.7 Å². The molecule has 0 spiro atoms. The Morgan fingerprint density at radius 2 is 1.93 bits per heavy atom. The molecule has 0 saturated heterocycles. The molecule has 0 radical (unpaired) electrons. The van der Waals surface area contributed by atoms with E-state index in [2.05, 4.69) is 0 Å². The monoisotopic (exact) mass is 196 g/mol. The average Bonchev–Trinajstić information content (AvgIpc) is 2.20. The molecule has 0 bridgehead atoms. The van der Waals surface area contributed by atoms with E-state index in [4.69, 9.17) is 14.2 Å². The summed E-state index contributed by atoms with van der Waals surface area (Å²) < 4.78 is 15.5. The third-order valence-electron chi connectivity index (χ3n) is 1.93. The Morgan fingerprint density at radius 3 is 2.50 bits per heavy atom. The van der Waals surface area contributed by atoms with Gasteiger partial charge >= 0.3 is 0 Å². The molecule has 0 aliphatic rings. The van der Waals surface area contributed by atoms with Gasteiger partial charge in [0.1, 0.15) is 18.1 Å². The molecule has 1 rings (SSSR count). The van der Waals surface area contributed by atoms with Crippen molar-refractivity contribution >= 4 is 0 Å². The van der Waals surface area contributed by atoms with Crippen molar-refractivity contribution in [3.63, 3.8) is 0 Å². The van der Waals surface area contributed by atoms with Crippen LogP contribution in [0, 0.1) is 6.92 Å². The second-order valence-corrected chi connectivity index (χ2v) is 2.97. The molecule has 0 aliphatic carbocycles. The molecule has 0 N–H and O–H groups in total. The molecule has 0 fully saturated rings. The summed E-state index contributed by atoms with van der Waals surface area (Å²) in [7, 11) is 3.31. The van der Waals surface area contributed by atoms with Crippen LogP contribution in [0.15, 0.2) is 18.2 Å². The van der Waals surface area contributed by atoms with Gasteiger partial charge in [0.15, 0.2) is 0 Å². The van der Waals surface area contributed by atoms with E-state index in [1.807, 2.05) is 25.1 Å². The van der Waals surface area contributed by atoms with E-state index in [1.54, 1.807) is 14.2 Å². The standard InChI is InChI=1S/C11H16O3/c1-9-8-10(13-3)4-5-11(9)14-7-6-12-2/h4-5,8H,6-7H2,1-3H3. The molecular formula is C11H16O3. The molecule has 0 amide bonds. The third kappa shape index (κ3) is 2.92. The fourth-order valence-corrected chi connectivity index (χ4v) is 1.15. The summed E-state index contributed by atoms with van der Waals surface area (Å²) in [5.74, 6) is 1.73. The van der Waals surface area contributed by atoms with Gasteiger partial charge in [0, 0.05) is 7.11 Å². The third-order valence-corrected chi connectivity index (χ3v) is 1.93. The Balaban J connectivity index is 2.59. The highest BCUT2D eigenvalue weighted by Crippen LogP contribution is 2.22. The first-order valence-electron chi connectivity index (χ1n) is 4.54. The largest absolute Gasteiger partial charge is 0.497 e. The van der Waals surface area contributed by atoms with Crippen LogP contribution in [-0.2, 0) is 4.74 Å². The Hall–Kier alpha value is -1.22. The molecule has 3 heteroatoms. The predicted octanol–water partition coefficient (Wildman–Crippen LogP) is 2.03. The van der Waals surface area contributed by atoms with Crippen molar-refractivity contribution in [2.45, 2.75) is 6.92 Å². The summed E-state index contributed by atoms with van der Waals surface area (Å²) in [6.07, 6.45) is 0. The number of hydrogen-bond acceptors (Lipinski definition) is 3. The van der Waals surface area contributed by atoms with Crippen LogP contribution in [0.1, 0.15) is 5.56 Å². The highest BCUT2D eigenvalue weighted by atomic mass is 16.5. The molecule has 0 aromatic heterocycles. The minimum Gasteiger partial charge on any atom is -0.497 e. The predicted molar refractivity (Wildman–Crippen MR) is 55.1 cm³/mol. The van der Waals surface area contributed by atoms with E-state index >= 15 is 0 Å². The first kappa shape index (κ1) is 10.9. The molecule has 0 aliphatic heterocycles. The number of methoxy groups -OCH3 is 2. The lowest BCUT2D eigenvalue weighted by atomic mass is 10.2. The van der Waals surface area contributed by atoms with E-state index in [0.29, 0.717) is 13.2 Å².